The molecule has 27 heavy (non-hydrogen) atoms. The maximum absolute atomic E-state index is 12.6. The van der Waals surface area contributed by atoms with E-state index >= 15 is 0 Å². The molecule has 2 aromatic rings. The molecule has 0 aliphatic carbocycles. The Morgan fingerprint density at radius 2 is 2.04 bits per heavy atom. The molecule has 0 saturated carbocycles. The van der Waals surface area contributed by atoms with Crippen molar-refractivity contribution in [3.8, 4) is 0 Å². The van der Waals surface area contributed by atoms with Gasteiger partial charge in [0.05, 0.1) is 24.5 Å². The fraction of sp³-hybridized carbons (Fsp3) is 0.579. The molecule has 0 aromatic carbocycles. The van der Waals surface area contributed by atoms with Gasteiger partial charge in [-0.25, -0.2) is 9.97 Å². The lowest BCUT2D eigenvalue weighted by molar-refractivity contribution is 0.0760. The third kappa shape index (κ3) is 3.86. The minimum atomic E-state index is 0.0125. The standard InChI is InChI=1S/C19H26N6O2/c1-2-25-18-4-9-27-13-16(18)17(22-25)12-23-5-3-6-24(8-7-23)19(26)15-10-20-14-21-11-15/h10-11,14H,2-9,12-13H2,1H3. The van der Waals surface area contributed by atoms with Crippen LogP contribution < -0.4 is 0 Å². The van der Waals surface area contributed by atoms with Gasteiger partial charge in [0.1, 0.15) is 6.33 Å². The molecule has 2 aromatic heterocycles. The second-order valence-electron chi connectivity index (χ2n) is 7.04. The summed E-state index contributed by atoms with van der Waals surface area (Å²) in [7, 11) is 0. The van der Waals surface area contributed by atoms with Crippen LogP contribution in [0.1, 0.15) is 40.7 Å². The molecule has 4 heterocycles. The number of aryl methyl sites for hydroxylation is 1. The quantitative estimate of drug-likeness (QED) is 0.803. The normalized spacial score (nSPS) is 18.2. The first-order valence-corrected chi connectivity index (χ1v) is 9.68. The van der Waals surface area contributed by atoms with E-state index in [0.29, 0.717) is 18.7 Å². The third-order valence-corrected chi connectivity index (χ3v) is 5.34. The van der Waals surface area contributed by atoms with Crippen molar-refractivity contribution in [2.24, 2.45) is 0 Å². The van der Waals surface area contributed by atoms with Gasteiger partial charge in [-0.1, -0.05) is 0 Å². The van der Waals surface area contributed by atoms with Gasteiger partial charge < -0.3 is 9.64 Å². The van der Waals surface area contributed by atoms with Gasteiger partial charge in [-0.2, -0.15) is 5.10 Å². The highest BCUT2D eigenvalue weighted by Crippen LogP contribution is 2.22. The fourth-order valence-corrected chi connectivity index (χ4v) is 3.90. The number of aromatic nitrogens is 4. The highest BCUT2D eigenvalue weighted by molar-refractivity contribution is 5.93. The van der Waals surface area contributed by atoms with Crippen molar-refractivity contribution >= 4 is 5.91 Å². The third-order valence-electron chi connectivity index (χ3n) is 5.34. The summed E-state index contributed by atoms with van der Waals surface area (Å²) in [4.78, 5) is 24.9. The number of fused-ring (bicyclic) bond motifs is 1. The van der Waals surface area contributed by atoms with Crippen molar-refractivity contribution in [1.29, 1.82) is 0 Å². The van der Waals surface area contributed by atoms with Gasteiger partial charge in [-0.05, 0) is 13.3 Å². The molecule has 0 atom stereocenters. The Balaban J connectivity index is 1.42. The van der Waals surface area contributed by atoms with E-state index in [9.17, 15) is 4.79 Å². The van der Waals surface area contributed by atoms with E-state index in [-0.39, 0.29) is 5.91 Å². The van der Waals surface area contributed by atoms with Crippen LogP contribution in [0.3, 0.4) is 0 Å². The molecule has 0 spiro atoms. The summed E-state index contributed by atoms with van der Waals surface area (Å²) < 4.78 is 7.79. The number of rotatable bonds is 4. The van der Waals surface area contributed by atoms with Crippen LogP contribution in [-0.4, -0.2) is 68.2 Å². The molecule has 144 valence electrons. The Hall–Kier alpha value is -2.32. The highest BCUT2D eigenvalue weighted by atomic mass is 16.5. The number of hydrogen-bond donors (Lipinski definition) is 0. The van der Waals surface area contributed by atoms with Gasteiger partial charge in [0.25, 0.3) is 5.91 Å². The molecule has 8 heteroatoms. The van der Waals surface area contributed by atoms with Crippen molar-refractivity contribution in [2.75, 3.05) is 32.8 Å². The Bertz CT molecular complexity index is 791. The summed E-state index contributed by atoms with van der Waals surface area (Å²) in [5, 5.41) is 4.83. The molecule has 8 nitrogen and oxygen atoms in total. The zero-order chi connectivity index (χ0) is 18.6. The first kappa shape index (κ1) is 18.1. The summed E-state index contributed by atoms with van der Waals surface area (Å²) in [6.45, 7) is 8.56. The predicted molar refractivity (Wildman–Crippen MR) is 99.1 cm³/mol. The van der Waals surface area contributed by atoms with Gasteiger partial charge in [0.15, 0.2) is 0 Å². The average Bonchev–Trinajstić information content (AvgIpc) is 2.90. The summed E-state index contributed by atoms with van der Waals surface area (Å²) in [5.74, 6) is 0.0125. The maximum Gasteiger partial charge on any atom is 0.257 e. The van der Waals surface area contributed by atoms with Gasteiger partial charge in [0.2, 0.25) is 0 Å². The van der Waals surface area contributed by atoms with E-state index < -0.39 is 0 Å². The summed E-state index contributed by atoms with van der Waals surface area (Å²) in [5.41, 5.74) is 4.28. The van der Waals surface area contributed by atoms with Crippen molar-refractivity contribution in [3.05, 3.63) is 41.2 Å². The summed E-state index contributed by atoms with van der Waals surface area (Å²) in [6, 6.07) is 0. The van der Waals surface area contributed by atoms with E-state index in [0.717, 1.165) is 57.9 Å². The van der Waals surface area contributed by atoms with Crippen molar-refractivity contribution < 1.29 is 9.53 Å². The van der Waals surface area contributed by atoms with Crippen LogP contribution in [0.2, 0.25) is 0 Å². The molecule has 0 radical (unpaired) electrons. The minimum Gasteiger partial charge on any atom is -0.376 e. The molecule has 1 saturated heterocycles. The first-order chi connectivity index (χ1) is 13.3. The second-order valence-corrected chi connectivity index (χ2v) is 7.04. The van der Waals surface area contributed by atoms with Crippen LogP contribution in [0.5, 0.6) is 0 Å². The first-order valence-electron chi connectivity index (χ1n) is 9.68. The van der Waals surface area contributed by atoms with Crippen molar-refractivity contribution in [3.63, 3.8) is 0 Å². The molecular weight excluding hydrogens is 344 g/mol. The summed E-state index contributed by atoms with van der Waals surface area (Å²) >= 11 is 0. The molecule has 2 aliphatic heterocycles. The molecule has 4 rings (SSSR count). The Morgan fingerprint density at radius 3 is 2.85 bits per heavy atom. The van der Waals surface area contributed by atoms with Crippen LogP contribution in [-0.2, 0) is 30.9 Å². The van der Waals surface area contributed by atoms with E-state index in [2.05, 4.69) is 26.5 Å². The average molecular weight is 370 g/mol. The molecule has 1 amide bonds. The second kappa shape index (κ2) is 8.14. The molecule has 0 N–H and O–H groups in total. The zero-order valence-corrected chi connectivity index (χ0v) is 15.8. The topological polar surface area (TPSA) is 76.4 Å². The number of carbonyl (C=O) groups excluding carboxylic acids is 1. The molecule has 1 fully saturated rings. The molecule has 2 aliphatic rings. The number of carbonyl (C=O) groups is 1. The van der Waals surface area contributed by atoms with Crippen LogP contribution in [0.4, 0.5) is 0 Å². The maximum atomic E-state index is 12.6. The van der Waals surface area contributed by atoms with Crippen molar-refractivity contribution in [1.82, 2.24) is 29.5 Å². The fourth-order valence-electron chi connectivity index (χ4n) is 3.90. The van der Waals surface area contributed by atoms with E-state index in [1.807, 2.05) is 4.90 Å². The lowest BCUT2D eigenvalue weighted by atomic mass is 10.1. The van der Waals surface area contributed by atoms with E-state index in [1.54, 1.807) is 12.4 Å². The number of nitrogens with zero attached hydrogens (tertiary/aromatic N) is 6. The molecule has 0 bridgehead atoms. The Kier molecular flexibility index (Phi) is 5.45. The number of ether oxygens (including phenoxy) is 1. The lowest BCUT2D eigenvalue weighted by Crippen LogP contribution is -2.35. The Labute approximate surface area is 159 Å². The van der Waals surface area contributed by atoms with Crippen LogP contribution >= 0.6 is 0 Å². The van der Waals surface area contributed by atoms with Gasteiger partial charge in [-0.3, -0.25) is 14.4 Å². The monoisotopic (exact) mass is 370 g/mol. The van der Waals surface area contributed by atoms with Gasteiger partial charge in [-0.15, -0.1) is 0 Å². The number of hydrogen-bond acceptors (Lipinski definition) is 6. The van der Waals surface area contributed by atoms with Gasteiger partial charge in [0, 0.05) is 69.3 Å². The van der Waals surface area contributed by atoms with E-state index in [1.165, 1.54) is 17.6 Å². The smallest absolute Gasteiger partial charge is 0.257 e. The van der Waals surface area contributed by atoms with Crippen LogP contribution in [0, 0.1) is 0 Å². The van der Waals surface area contributed by atoms with E-state index in [4.69, 9.17) is 9.84 Å². The summed E-state index contributed by atoms with van der Waals surface area (Å²) in [6.07, 6.45) is 6.51. The van der Waals surface area contributed by atoms with Crippen LogP contribution in [0.25, 0.3) is 0 Å². The molecule has 0 unspecified atom stereocenters. The minimum absolute atomic E-state index is 0.0125. The lowest BCUT2D eigenvalue weighted by Gasteiger charge is -2.22. The Morgan fingerprint density at radius 1 is 1.19 bits per heavy atom. The van der Waals surface area contributed by atoms with Gasteiger partial charge >= 0.3 is 0 Å². The molecular formula is C19H26N6O2. The highest BCUT2D eigenvalue weighted by Gasteiger charge is 2.24. The van der Waals surface area contributed by atoms with Crippen molar-refractivity contribution in [2.45, 2.75) is 39.5 Å². The zero-order valence-electron chi connectivity index (χ0n) is 15.8. The largest absolute Gasteiger partial charge is 0.376 e. The number of amides is 1. The predicted octanol–water partition coefficient (Wildman–Crippen LogP) is 1.11. The SMILES string of the molecule is CCn1nc(CN2CCCN(C(=O)c3cncnc3)CC2)c2c1CCOC2. The van der Waals surface area contributed by atoms with Crippen LogP contribution in [0.15, 0.2) is 18.7 Å².